The van der Waals surface area contributed by atoms with E-state index in [1.54, 1.807) is 18.2 Å². The molecule has 0 aliphatic heterocycles. The molecule has 0 bridgehead atoms. The highest BCUT2D eigenvalue weighted by Crippen LogP contribution is 2.15. The van der Waals surface area contributed by atoms with Crippen LogP contribution in [0.5, 0.6) is 0 Å². The van der Waals surface area contributed by atoms with Gasteiger partial charge >= 0.3 is 0 Å². The summed E-state index contributed by atoms with van der Waals surface area (Å²) >= 11 is 0. The first kappa shape index (κ1) is 15.2. The van der Waals surface area contributed by atoms with Crippen LogP contribution in [-0.2, 0) is 0 Å². The fraction of sp³-hybridized carbons (Fsp3) is 0. The Labute approximate surface area is 119 Å². The molecule has 102 valence electrons. The third kappa shape index (κ3) is 3.78. The summed E-state index contributed by atoms with van der Waals surface area (Å²) in [7, 11) is 0. The molecule has 0 unspecified atom stereocenters. The fourth-order valence-corrected chi connectivity index (χ4v) is 1.19. The maximum absolute atomic E-state index is 10.5. The molecule has 0 aliphatic carbocycles. The number of nitrogens with one attached hydrogen (secondary N) is 1. The number of nitro groups is 1. The van der Waals surface area contributed by atoms with Gasteiger partial charge in [0.15, 0.2) is 11.3 Å². The van der Waals surface area contributed by atoms with Crippen LogP contribution in [0.15, 0.2) is 40.6 Å². The first-order valence-corrected chi connectivity index (χ1v) is 5.32. The van der Waals surface area contributed by atoms with Gasteiger partial charge < -0.3 is 5.73 Å². The van der Waals surface area contributed by atoms with E-state index < -0.39 is 10.5 Å². The van der Waals surface area contributed by atoms with E-state index >= 15 is 0 Å². The van der Waals surface area contributed by atoms with Crippen LogP contribution in [0.2, 0.25) is 0 Å². The van der Waals surface area contributed by atoms with Crippen molar-refractivity contribution >= 4 is 17.1 Å². The van der Waals surface area contributed by atoms with Crippen LogP contribution in [0.4, 0.5) is 11.4 Å². The maximum Gasteiger partial charge on any atom is 0.269 e. The summed E-state index contributed by atoms with van der Waals surface area (Å²) in [5.74, 6) is 0. The minimum atomic E-state index is -0.555. The summed E-state index contributed by atoms with van der Waals surface area (Å²) in [5.41, 5.74) is 7.08. The molecule has 0 saturated carbocycles. The van der Waals surface area contributed by atoms with Crippen molar-refractivity contribution in [3.05, 3.63) is 45.6 Å². The summed E-state index contributed by atoms with van der Waals surface area (Å²) in [6.07, 6.45) is 0. The Morgan fingerprint density at radius 1 is 1.19 bits per heavy atom. The zero-order chi connectivity index (χ0) is 15.8. The second-order valence-corrected chi connectivity index (χ2v) is 3.50. The molecule has 0 heterocycles. The lowest BCUT2D eigenvalue weighted by molar-refractivity contribution is -0.384. The molecule has 9 nitrogen and oxygen atoms in total. The molecule has 0 aliphatic rings. The molecule has 1 rings (SSSR count). The molecule has 1 aromatic rings. The average molecular weight is 281 g/mol. The van der Waals surface area contributed by atoms with E-state index in [1.807, 2.05) is 0 Å². The summed E-state index contributed by atoms with van der Waals surface area (Å²) in [4.78, 5) is 9.93. The van der Waals surface area contributed by atoms with Crippen molar-refractivity contribution < 1.29 is 4.92 Å². The van der Waals surface area contributed by atoms with E-state index in [2.05, 4.69) is 10.5 Å². The zero-order valence-electron chi connectivity index (χ0n) is 10.4. The van der Waals surface area contributed by atoms with Crippen molar-refractivity contribution in [2.45, 2.75) is 0 Å². The van der Waals surface area contributed by atoms with Crippen LogP contribution in [0.25, 0.3) is 0 Å². The predicted octanol–water partition coefficient (Wildman–Crippen LogP) is 1.15. The van der Waals surface area contributed by atoms with Gasteiger partial charge in [-0.1, -0.05) is 0 Å². The number of hydrogen-bond donors (Lipinski definition) is 2. The molecule has 9 heteroatoms. The van der Waals surface area contributed by atoms with Crippen LogP contribution in [0, 0.1) is 44.1 Å². The smallest absolute Gasteiger partial charge is 0.269 e. The first-order valence-electron chi connectivity index (χ1n) is 5.32. The number of benzene rings is 1. The molecule has 1 aromatic carbocycles. The quantitative estimate of drug-likeness (QED) is 0.361. The van der Waals surface area contributed by atoms with Gasteiger partial charge in [0, 0.05) is 12.1 Å². The minimum Gasteiger partial charge on any atom is -0.395 e. The lowest BCUT2D eigenvalue weighted by atomic mass is 10.2. The molecule has 3 N–H and O–H groups in total. The van der Waals surface area contributed by atoms with Gasteiger partial charge in [0.1, 0.15) is 18.2 Å². The predicted molar refractivity (Wildman–Crippen MR) is 72.2 cm³/mol. The summed E-state index contributed by atoms with van der Waals surface area (Å²) in [6, 6.07) is 9.99. The Hall–Kier alpha value is -3.90. The van der Waals surface area contributed by atoms with Crippen molar-refractivity contribution in [3.8, 4) is 18.2 Å². The summed E-state index contributed by atoms with van der Waals surface area (Å²) in [5, 5.41) is 40.3. The Morgan fingerprint density at radius 2 is 1.76 bits per heavy atom. The third-order valence-corrected chi connectivity index (χ3v) is 2.23. The maximum atomic E-state index is 10.5. The molecule has 0 atom stereocenters. The SMILES string of the molecule is N#CC(=NNc1ccc([N+](=O)[O-])cc1)C(N)=C(C#N)C#N. The van der Waals surface area contributed by atoms with Crippen LogP contribution < -0.4 is 11.2 Å². The molecule has 21 heavy (non-hydrogen) atoms. The number of nitrogens with zero attached hydrogens (tertiary/aromatic N) is 5. The van der Waals surface area contributed by atoms with Gasteiger partial charge in [-0.2, -0.15) is 20.9 Å². The van der Waals surface area contributed by atoms with E-state index in [-0.39, 0.29) is 17.1 Å². The Bertz CT molecular complexity index is 726. The first-order chi connectivity index (χ1) is 10.0. The molecule has 0 amide bonds. The van der Waals surface area contributed by atoms with Gasteiger partial charge in [-0.05, 0) is 12.1 Å². The lowest BCUT2D eigenvalue weighted by Gasteiger charge is -2.01. The minimum absolute atomic E-state index is 0.0966. The molecular weight excluding hydrogens is 274 g/mol. The second-order valence-electron chi connectivity index (χ2n) is 3.50. The van der Waals surface area contributed by atoms with E-state index in [4.69, 9.17) is 21.5 Å². The van der Waals surface area contributed by atoms with Crippen molar-refractivity contribution in [3.63, 3.8) is 0 Å². The lowest BCUT2D eigenvalue weighted by Crippen LogP contribution is -2.13. The van der Waals surface area contributed by atoms with Crippen LogP contribution in [0.3, 0.4) is 0 Å². The molecule has 0 aromatic heterocycles. The number of hydrogen-bond acceptors (Lipinski definition) is 8. The van der Waals surface area contributed by atoms with Gasteiger partial charge in [-0.25, -0.2) is 0 Å². The van der Waals surface area contributed by atoms with E-state index in [1.165, 1.54) is 24.3 Å². The number of allylic oxidation sites excluding steroid dienone is 2. The number of rotatable bonds is 4. The van der Waals surface area contributed by atoms with Gasteiger partial charge in [0.2, 0.25) is 0 Å². The van der Waals surface area contributed by atoms with Gasteiger partial charge in [0.05, 0.1) is 16.3 Å². The third-order valence-electron chi connectivity index (χ3n) is 2.23. The standard InChI is InChI=1S/C12H7N7O2/c13-5-8(6-14)12(16)11(7-15)18-17-9-1-3-10(4-2-9)19(20)21/h1-4,17H,16H2. The molecule has 0 fully saturated rings. The number of nitrogens with two attached hydrogens (primary N) is 1. The van der Waals surface area contributed by atoms with E-state index in [0.717, 1.165) is 0 Å². The monoisotopic (exact) mass is 281 g/mol. The molecule has 0 radical (unpaired) electrons. The van der Waals surface area contributed by atoms with Crippen LogP contribution >= 0.6 is 0 Å². The highest BCUT2D eigenvalue weighted by atomic mass is 16.6. The molecule has 0 saturated heterocycles. The average Bonchev–Trinajstić information content (AvgIpc) is 2.49. The van der Waals surface area contributed by atoms with Gasteiger partial charge in [-0.3, -0.25) is 15.5 Å². The normalized spacial score (nSPS) is 9.67. The van der Waals surface area contributed by atoms with Crippen molar-refractivity contribution in [2.24, 2.45) is 10.8 Å². The molecular formula is C12H7N7O2. The zero-order valence-corrected chi connectivity index (χ0v) is 10.4. The number of anilines is 1. The summed E-state index contributed by atoms with van der Waals surface area (Å²) in [6.45, 7) is 0. The van der Waals surface area contributed by atoms with Gasteiger partial charge in [-0.15, -0.1) is 0 Å². The highest BCUT2D eigenvalue weighted by molar-refractivity contribution is 6.12. The number of nitro benzene ring substituents is 1. The number of nitriles is 3. The molecule has 0 spiro atoms. The number of hydrazone groups is 1. The Kier molecular flexibility index (Phi) is 4.97. The van der Waals surface area contributed by atoms with E-state index in [9.17, 15) is 10.1 Å². The van der Waals surface area contributed by atoms with Crippen molar-refractivity contribution in [1.82, 2.24) is 0 Å². The topological polar surface area (TPSA) is 165 Å². The second kappa shape index (κ2) is 6.88. The fourth-order valence-electron chi connectivity index (χ4n) is 1.19. The largest absolute Gasteiger partial charge is 0.395 e. The Morgan fingerprint density at radius 3 is 2.19 bits per heavy atom. The highest BCUT2D eigenvalue weighted by Gasteiger charge is 2.09. The Balaban J connectivity index is 3.00. The van der Waals surface area contributed by atoms with Crippen molar-refractivity contribution in [1.29, 1.82) is 15.8 Å². The van der Waals surface area contributed by atoms with E-state index in [0.29, 0.717) is 5.69 Å². The van der Waals surface area contributed by atoms with Gasteiger partial charge in [0.25, 0.3) is 5.69 Å². The summed E-state index contributed by atoms with van der Waals surface area (Å²) < 4.78 is 0. The van der Waals surface area contributed by atoms with Crippen LogP contribution in [0.1, 0.15) is 0 Å². The van der Waals surface area contributed by atoms with Crippen LogP contribution in [-0.4, -0.2) is 10.6 Å². The number of non-ortho nitro benzene ring substituents is 1. The van der Waals surface area contributed by atoms with Crippen molar-refractivity contribution in [2.75, 3.05) is 5.43 Å².